The quantitative estimate of drug-likeness (QED) is 0.512. The largest absolute Gasteiger partial charge is 0.463 e. The van der Waals surface area contributed by atoms with Crippen LogP contribution in [0.2, 0.25) is 0 Å². The molecule has 1 aromatic rings. The molecule has 0 aliphatic carbocycles. The van der Waals surface area contributed by atoms with Gasteiger partial charge in [0.05, 0.1) is 26.9 Å². The molecule has 2 heteroatoms. The van der Waals surface area contributed by atoms with Crippen LogP contribution < -0.4 is 0 Å². The zero-order valence-corrected chi connectivity index (χ0v) is 8.71. The summed E-state index contributed by atoms with van der Waals surface area (Å²) >= 11 is 0. The number of quaternary nitrogens is 1. The molecule has 0 aliphatic heterocycles. The molecule has 0 N–H and O–H groups in total. The van der Waals surface area contributed by atoms with E-state index in [-0.39, 0.29) is 0 Å². The summed E-state index contributed by atoms with van der Waals surface area (Å²) in [5.41, 5.74) is 1.21. The monoisotopic (exact) mass is 180 g/mol. The Kier molecular flexibility index (Phi) is 2.94. The summed E-state index contributed by atoms with van der Waals surface area (Å²) in [6, 6.07) is 3.94. The molecule has 0 aromatic carbocycles. The molecule has 0 saturated heterocycles. The number of hydrogen-bond acceptors (Lipinski definition) is 1. The van der Waals surface area contributed by atoms with Crippen molar-refractivity contribution in [1.82, 2.24) is 0 Å². The minimum atomic E-state index is 0.892. The summed E-state index contributed by atoms with van der Waals surface area (Å²) in [6.07, 6.45) is 1.72. The number of furan rings is 1. The van der Waals surface area contributed by atoms with Gasteiger partial charge in [-0.25, -0.2) is 0 Å². The van der Waals surface area contributed by atoms with E-state index in [0.29, 0.717) is 0 Å². The summed E-state index contributed by atoms with van der Waals surface area (Å²) in [6.45, 7) is 7.88. The lowest BCUT2D eigenvalue weighted by molar-refractivity contribution is -0.899. The molecule has 0 radical (unpaired) electrons. The lowest BCUT2D eigenvalue weighted by Crippen LogP contribution is -2.39. The number of nitrogens with zero attached hydrogens (tertiary/aromatic N) is 1. The molecular weight excluding hydrogens is 162 g/mol. The van der Waals surface area contributed by atoms with Crippen molar-refractivity contribution in [2.75, 3.05) is 20.6 Å². The smallest absolute Gasteiger partial charge is 0.158 e. The van der Waals surface area contributed by atoms with Crippen LogP contribution in [0.15, 0.2) is 35.0 Å². The molecule has 0 atom stereocenters. The molecule has 0 spiro atoms. The third kappa shape index (κ3) is 3.47. The lowest BCUT2D eigenvalue weighted by Gasteiger charge is -2.28. The molecule has 1 rings (SSSR count). The van der Waals surface area contributed by atoms with Gasteiger partial charge in [0.15, 0.2) is 5.76 Å². The first kappa shape index (κ1) is 10.1. The fraction of sp³-hybridized carbons (Fsp3) is 0.455. The molecule has 2 nitrogen and oxygen atoms in total. The van der Waals surface area contributed by atoms with Crippen LogP contribution in [0, 0.1) is 0 Å². The predicted molar refractivity (Wildman–Crippen MR) is 54.2 cm³/mol. The van der Waals surface area contributed by atoms with Crippen molar-refractivity contribution in [2.24, 2.45) is 0 Å². The van der Waals surface area contributed by atoms with Gasteiger partial charge in [0.1, 0.15) is 6.54 Å². The summed E-state index contributed by atoms with van der Waals surface area (Å²) in [7, 11) is 4.36. The molecular formula is C11H18NO+. The number of likely N-dealkylation sites (N-methyl/N-ethyl adjacent to an activating group) is 1. The highest BCUT2D eigenvalue weighted by atomic mass is 16.3. The zero-order valence-electron chi connectivity index (χ0n) is 8.71. The van der Waals surface area contributed by atoms with E-state index in [1.54, 1.807) is 6.26 Å². The van der Waals surface area contributed by atoms with Crippen molar-refractivity contribution in [3.05, 3.63) is 36.3 Å². The van der Waals surface area contributed by atoms with E-state index in [1.807, 2.05) is 12.1 Å². The summed E-state index contributed by atoms with van der Waals surface area (Å²) in [5.74, 6) is 1.03. The first-order valence-electron chi connectivity index (χ1n) is 4.48. The maximum Gasteiger partial charge on any atom is 0.158 e. The van der Waals surface area contributed by atoms with E-state index in [2.05, 4.69) is 27.6 Å². The van der Waals surface area contributed by atoms with Crippen molar-refractivity contribution < 1.29 is 8.90 Å². The average Bonchev–Trinajstić information content (AvgIpc) is 2.34. The standard InChI is InChI=1S/C11H18NO/c1-10(2)8-12(3,4)9-11-6-5-7-13-11/h5-7H,1,8-9H2,2-4H3/q+1. The van der Waals surface area contributed by atoms with Gasteiger partial charge in [-0.2, -0.15) is 0 Å². The van der Waals surface area contributed by atoms with Crippen LogP contribution in [0.5, 0.6) is 0 Å². The number of hydrogen-bond donors (Lipinski definition) is 0. The van der Waals surface area contributed by atoms with Crippen LogP contribution in [0.3, 0.4) is 0 Å². The Labute approximate surface area is 80.1 Å². The van der Waals surface area contributed by atoms with Gasteiger partial charge in [-0.05, 0) is 24.6 Å². The Morgan fingerprint density at radius 1 is 1.54 bits per heavy atom. The fourth-order valence-corrected chi connectivity index (χ4v) is 1.61. The SMILES string of the molecule is C=C(C)C[N+](C)(C)Cc1ccco1. The number of rotatable bonds is 4. The van der Waals surface area contributed by atoms with Crippen LogP contribution in [-0.4, -0.2) is 25.1 Å². The van der Waals surface area contributed by atoms with Gasteiger partial charge in [-0.1, -0.05) is 6.58 Å². The molecule has 13 heavy (non-hydrogen) atoms. The summed E-state index contributed by atoms with van der Waals surface area (Å²) in [5, 5.41) is 0. The Bertz CT molecular complexity index is 272. The first-order valence-corrected chi connectivity index (χ1v) is 4.48. The van der Waals surface area contributed by atoms with E-state index >= 15 is 0 Å². The van der Waals surface area contributed by atoms with E-state index in [4.69, 9.17) is 4.42 Å². The minimum absolute atomic E-state index is 0.892. The Balaban J connectivity index is 2.56. The molecule has 0 saturated carbocycles. The van der Waals surface area contributed by atoms with Gasteiger partial charge < -0.3 is 8.90 Å². The van der Waals surface area contributed by atoms with Crippen molar-refractivity contribution in [3.8, 4) is 0 Å². The predicted octanol–water partition coefficient (Wildman–Crippen LogP) is 2.43. The van der Waals surface area contributed by atoms with Gasteiger partial charge in [0.25, 0.3) is 0 Å². The van der Waals surface area contributed by atoms with Crippen molar-refractivity contribution >= 4 is 0 Å². The van der Waals surface area contributed by atoms with Gasteiger partial charge in [0, 0.05) is 0 Å². The molecule has 1 aromatic heterocycles. The van der Waals surface area contributed by atoms with Crippen LogP contribution in [0.4, 0.5) is 0 Å². The van der Waals surface area contributed by atoms with Gasteiger partial charge in [-0.15, -0.1) is 0 Å². The Hall–Kier alpha value is -1.02. The zero-order chi connectivity index (χ0) is 9.90. The maximum absolute atomic E-state index is 5.31. The van der Waals surface area contributed by atoms with Crippen molar-refractivity contribution in [1.29, 1.82) is 0 Å². The minimum Gasteiger partial charge on any atom is -0.463 e. The van der Waals surface area contributed by atoms with Gasteiger partial charge >= 0.3 is 0 Å². The molecule has 0 fully saturated rings. The molecule has 0 bridgehead atoms. The topological polar surface area (TPSA) is 13.1 Å². The second-order valence-corrected chi connectivity index (χ2v) is 4.29. The molecule has 0 unspecified atom stereocenters. The van der Waals surface area contributed by atoms with E-state index in [1.165, 1.54) is 5.57 Å². The highest BCUT2D eigenvalue weighted by Gasteiger charge is 2.16. The van der Waals surface area contributed by atoms with Gasteiger partial charge in [-0.3, -0.25) is 0 Å². The molecule has 72 valence electrons. The average molecular weight is 180 g/mol. The van der Waals surface area contributed by atoms with Crippen LogP contribution in [-0.2, 0) is 6.54 Å². The maximum atomic E-state index is 5.31. The van der Waals surface area contributed by atoms with Crippen molar-refractivity contribution in [2.45, 2.75) is 13.5 Å². The van der Waals surface area contributed by atoms with Gasteiger partial charge in [0.2, 0.25) is 0 Å². The summed E-state index contributed by atoms with van der Waals surface area (Å²) in [4.78, 5) is 0. The Morgan fingerprint density at radius 2 is 2.23 bits per heavy atom. The van der Waals surface area contributed by atoms with E-state index in [9.17, 15) is 0 Å². The highest BCUT2D eigenvalue weighted by molar-refractivity contribution is 4.96. The third-order valence-corrected chi connectivity index (χ3v) is 1.86. The third-order valence-electron chi connectivity index (χ3n) is 1.86. The van der Waals surface area contributed by atoms with Crippen molar-refractivity contribution in [3.63, 3.8) is 0 Å². The molecule has 0 amide bonds. The molecule has 1 heterocycles. The highest BCUT2D eigenvalue weighted by Crippen LogP contribution is 2.11. The second kappa shape index (κ2) is 3.79. The molecule has 0 aliphatic rings. The summed E-state index contributed by atoms with van der Waals surface area (Å²) < 4.78 is 6.20. The fourth-order valence-electron chi connectivity index (χ4n) is 1.61. The normalized spacial score (nSPS) is 11.6. The lowest BCUT2D eigenvalue weighted by atomic mass is 10.3. The van der Waals surface area contributed by atoms with Crippen LogP contribution in [0.25, 0.3) is 0 Å². The van der Waals surface area contributed by atoms with Crippen LogP contribution in [0.1, 0.15) is 12.7 Å². The van der Waals surface area contributed by atoms with E-state index < -0.39 is 0 Å². The van der Waals surface area contributed by atoms with Crippen LogP contribution >= 0.6 is 0 Å². The van der Waals surface area contributed by atoms with E-state index in [0.717, 1.165) is 23.3 Å². The Morgan fingerprint density at radius 3 is 2.69 bits per heavy atom. The second-order valence-electron chi connectivity index (χ2n) is 4.29. The first-order chi connectivity index (χ1) is 5.99.